The second kappa shape index (κ2) is 3.94. The van der Waals surface area contributed by atoms with Gasteiger partial charge in [0.05, 0.1) is 17.5 Å². The number of carbonyl (C=O) groups is 1. The van der Waals surface area contributed by atoms with Crippen molar-refractivity contribution in [2.75, 3.05) is 0 Å². The molecule has 2 rings (SSSR count). The fourth-order valence-corrected chi connectivity index (χ4v) is 1.63. The second-order valence-corrected chi connectivity index (χ2v) is 3.81. The van der Waals surface area contributed by atoms with Crippen LogP contribution in [0.3, 0.4) is 0 Å². The predicted molar refractivity (Wildman–Crippen MR) is 59.2 cm³/mol. The smallest absolute Gasteiger partial charge is 0.320 e. The molecule has 84 valence electrons. The molecule has 0 aliphatic carbocycles. The van der Waals surface area contributed by atoms with Crippen LogP contribution in [0.1, 0.15) is 11.3 Å². The summed E-state index contributed by atoms with van der Waals surface area (Å²) >= 11 is 0. The zero-order valence-electron chi connectivity index (χ0n) is 8.92. The van der Waals surface area contributed by atoms with Gasteiger partial charge in [-0.05, 0) is 31.0 Å². The van der Waals surface area contributed by atoms with Gasteiger partial charge in [-0.1, -0.05) is 0 Å². The lowest BCUT2D eigenvalue weighted by molar-refractivity contribution is -0.138. The molecule has 5 heteroatoms. The monoisotopic (exact) mass is 219 g/mol. The van der Waals surface area contributed by atoms with E-state index in [4.69, 9.17) is 10.8 Å². The zero-order chi connectivity index (χ0) is 11.7. The first-order chi connectivity index (χ1) is 7.58. The lowest BCUT2D eigenvalue weighted by Crippen LogP contribution is -2.32. The van der Waals surface area contributed by atoms with Gasteiger partial charge in [0.2, 0.25) is 0 Å². The van der Waals surface area contributed by atoms with E-state index in [0.29, 0.717) is 6.42 Å². The molecule has 5 nitrogen and oxygen atoms in total. The molecule has 16 heavy (non-hydrogen) atoms. The molecular formula is C11H13N3O2. The van der Waals surface area contributed by atoms with Crippen molar-refractivity contribution in [3.8, 4) is 0 Å². The van der Waals surface area contributed by atoms with Gasteiger partial charge in [0.1, 0.15) is 6.04 Å². The first kappa shape index (κ1) is 10.6. The first-order valence-corrected chi connectivity index (χ1v) is 4.98. The maximum Gasteiger partial charge on any atom is 0.320 e. The molecule has 0 aliphatic rings. The number of hydrogen-bond donors (Lipinski definition) is 2. The maximum atomic E-state index is 10.6. The van der Waals surface area contributed by atoms with Gasteiger partial charge in [-0.15, -0.1) is 0 Å². The summed E-state index contributed by atoms with van der Waals surface area (Å²) in [6.45, 7) is 1.91. The number of fused-ring (bicyclic) bond motifs is 1. The van der Waals surface area contributed by atoms with Gasteiger partial charge in [0.15, 0.2) is 0 Å². The molecule has 3 N–H and O–H groups in total. The third kappa shape index (κ3) is 1.90. The van der Waals surface area contributed by atoms with Crippen molar-refractivity contribution >= 4 is 11.5 Å². The molecule has 1 atom stereocenters. The Bertz CT molecular complexity index is 533. The average molecular weight is 219 g/mol. The standard InChI is InChI=1S/C11H13N3O2/c1-7-10-5-8(4-9(12)11(15)16)2-3-14(10)6-13-7/h2-3,5-6,9H,4,12H2,1H3,(H,15,16). The number of carboxylic acids is 1. The van der Waals surface area contributed by atoms with Gasteiger partial charge in [-0.2, -0.15) is 0 Å². The lowest BCUT2D eigenvalue weighted by Gasteiger charge is -2.06. The zero-order valence-corrected chi connectivity index (χ0v) is 8.92. The predicted octanol–water partition coefficient (Wildman–Crippen LogP) is 0.597. The maximum absolute atomic E-state index is 10.6. The van der Waals surface area contributed by atoms with Crippen molar-refractivity contribution in [2.24, 2.45) is 5.73 Å². The number of hydrogen-bond acceptors (Lipinski definition) is 3. The van der Waals surface area contributed by atoms with Crippen LogP contribution < -0.4 is 5.73 Å². The fourth-order valence-electron chi connectivity index (χ4n) is 1.63. The van der Waals surface area contributed by atoms with Gasteiger partial charge < -0.3 is 15.2 Å². The second-order valence-electron chi connectivity index (χ2n) is 3.81. The van der Waals surface area contributed by atoms with E-state index in [1.165, 1.54) is 0 Å². The van der Waals surface area contributed by atoms with Gasteiger partial charge in [-0.25, -0.2) is 4.98 Å². The Morgan fingerprint density at radius 3 is 3.12 bits per heavy atom. The van der Waals surface area contributed by atoms with Gasteiger partial charge in [0.25, 0.3) is 0 Å². The average Bonchev–Trinajstić information content (AvgIpc) is 2.60. The summed E-state index contributed by atoms with van der Waals surface area (Å²) in [5.74, 6) is -0.981. The number of aryl methyl sites for hydroxylation is 1. The van der Waals surface area contributed by atoms with Crippen molar-refractivity contribution < 1.29 is 9.90 Å². The van der Waals surface area contributed by atoms with E-state index in [9.17, 15) is 4.79 Å². The number of nitrogens with zero attached hydrogens (tertiary/aromatic N) is 2. The van der Waals surface area contributed by atoms with E-state index in [1.807, 2.05) is 29.7 Å². The van der Waals surface area contributed by atoms with Gasteiger partial charge in [-0.3, -0.25) is 4.79 Å². The summed E-state index contributed by atoms with van der Waals surface area (Å²) < 4.78 is 1.89. The Hall–Kier alpha value is -1.88. The minimum atomic E-state index is -0.981. The Morgan fingerprint density at radius 2 is 2.44 bits per heavy atom. The Morgan fingerprint density at radius 1 is 1.69 bits per heavy atom. The molecule has 2 heterocycles. The van der Waals surface area contributed by atoms with Crippen LogP contribution in [0.5, 0.6) is 0 Å². The number of aromatic nitrogens is 2. The van der Waals surface area contributed by atoms with Crippen LogP contribution in [0.15, 0.2) is 24.7 Å². The quantitative estimate of drug-likeness (QED) is 0.792. The highest BCUT2D eigenvalue weighted by atomic mass is 16.4. The molecule has 1 unspecified atom stereocenters. The SMILES string of the molecule is Cc1ncn2ccc(CC(N)C(=O)O)cc12. The molecule has 0 aromatic carbocycles. The highest BCUT2D eigenvalue weighted by Crippen LogP contribution is 2.12. The van der Waals surface area contributed by atoms with E-state index in [1.54, 1.807) is 6.33 Å². The minimum Gasteiger partial charge on any atom is -0.480 e. The molecule has 0 fully saturated rings. The fraction of sp³-hybridized carbons (Fsp3) is 0.273. The van der Waals surface area contributed by atoms with Crippen LogP contribution in [0.4, 0.5) is 0 Å². The molecule has 0 radical (unpaired) electrons. The molecule has 0 amide bonds. The van der Waals surface area contributed by atoms with Crippen LogP contribution in [0.2, 0.25) is 0 Å². The topological polar surface area (TPSA) is 80.6 Å². The largest absolute Gasteiger partial charge is 0.480 e. The Labute approximate surface area is 92.5 Å². The number of aliphatic carboxylic acids is 1. The van der Waals surface area contributed by atoms with E-state index in [2.05, 4.69) is 4.98 Å². The third-order valence-corrected chi connectivity index (χ3v) is 2.57. The summed E-state index contributed by atoms with van der Waals surface area (Å²) in [5, 5.41) is 8.73. The van der Waals surface area contributed by atoms with Crippen LogP contribution in [0.25, 0.3) is 5.52 Å². The van der Waals surface area contributed by atoms with Crippen molar-refractivity contribution in [3.63, 3.8) is 0 Å². The minimum absolute atomic E-state index is 0.330. The van der Waals surface area contributed by atoms with Crippen molar-refractivity contribution in [1.29, 1.82) is 0 Å². The normalized spacial score (nSPS) is 12.9. The number of pyridine rings is 1. The van der Waals surface area contributed by atoms with Crippen molar-refractivity contribution in [2.45, 2.75) is 19.4 Å². The highest BCUT2D eigenvalue weighted by molar-refractivity contribution is 5.73. The third-order valence-electron chi connectivity index (χ3n) is 2.57. The van der Waals surface area contributed by atoms with Crippen LogP contribution in [-0.2, 0) is 11.2 Å². The number of nitrogens with two attached hydrogens (primary N) is 1. The number of carboxylic acid groups (broad SMARTS) is 1. The molecular weight excluding hydrogens is 206 g/mol. The highest BCUT2D eigenvalue weighted by Gasteiger charge is 2.12. The molecule has 0 aliphatic heterocycles. The number of imidazole rings is 1. The first-order valence-electron chi connectivity index (χ1n) is 4.98. The molecule has 0 bridgehead atoms. The molecule has 2 aromatic heterocycles. The van der Waals surface area contributed by atoms with Crippen LogP contribution >= 0.6 is 0 Å². The number of rotatable bonds is 3. The Balaban J connectivity index is 2.32. The van der Waals surface area contributed by atoms with Gasteiger partial charge >= 0.3 is 5.97 Å². The Kier molecular flexibility index (Phi) is 2.62. The van der Waals surface area contributed by atoms with E-state index < -0.39 is 12.0 Å². The van der Waals surface area contributed by atoms with E-state index in [-0.39, 0.29) is 0 Å². The summed E-state index contributed by atoms with van der Waals surface area (Å²) in [5.41, 5.74) is 8.30. The van der Waals surface area contributed by atoms with Crippen LogP contribution in [-0.4, -0.2) is 26.5 Å². The summed E-state index contributed by atoms with van der Waals surface area (Å²) in [7, 11) is 0. The van der Waals surface area contributed by atoms with Gasteiger partial charge in [0, 0.05) is 6.20 Å². The summed E-state index contributed by atoms with van der Waals surface area (Å²) in [6.07, 6.45) is 3.92. The van der Waals surface area contributed by atoms with Crippen molar-refractivity contribution in [3.05, 3.63) is 35.9 Å². The molecule has 0 saturated heterocycles. The molecule has 2 aromatic rings. The van der Waals surface area contributed by atoms with Crippen molar-refractivity contribution in [1.82, 2.24) is 9.38 Å². The van der Waals surface area contributed by atoms with Crippen LogP contribution in [0, 0.1) is 6.92 Å². The van der Waals surface area contributed by atoms with E-state index >= 15 is 0 Å². The lowest BCUT2D eigenvalue weighted by atomic mass is 10.1. The summed E-state index contributed by atoms with van der Waals surface area (Å²) in [6, 6.07) is 2.92. The molecule has 0 spiro atoms. The van der Waals surface area contributed by atoms with E-state index in [0.717, 1.165) is 16.8 Å². The molecule has 0 saturated carbocycles. The summed E-state index contributed by atoms with van der Waals surface area (Å²) in [4.78, 5) is 14.8.